The number of amides is 1. The number of hydrogen-bond acceptors (Lipinski definition) is 6. The molecule has 1 aromatic heterocycles. The van der Waals surface area contributed by atoms with Crippen molar-refractivity contribution in [1.82, 2.24) is 24.6 Å². The van der Waals surface area contributed by atoms with Gasteiger partial charge in [-0.3, -0.25) is 14.4 Å². The molecule has 2 aliphatic heterocycles. The molecule has 144 valence electrons. The molecule has 0 aliphatic carbocycles. The van der Waals surface area contributed by atoms with Crippen LogP contribution in [-0.2, 0) is 17.8 Å². The number of hydrogen-bond donors (Lipinski definition) is 0. The normalized spacial score (nSPS) is 20.0. The van der Waals surface area contributed by atoms with Gasteiger partial charge >= 0.3 is 0 Å². The summed E-state index contributed by atoms with van der Waals surface area (Å²) in [6, 6.07) is 5.81. The van der Waals surface area contributed by atoms with Crippen LogP contribution in [0.4, 0.5) is 0 Å². The van der Waals surface area contributed by atoms with Gasteiger partial charge in [-0.1, -0.05) is 6.07 Å². The Kier molecular flexibility index (Phi) is 5.24. The Morgan fingerprint density at radius 2 is 2.11 bits per heavy atom. The van der Waals surface area contributed by atoms with Crippen LogP contribution in [0.15, 0.2) is 30.9 Å². The molecular formula is C19H25N5O3. The molecule has 0 unspecified atom stereocenters. The number of carbonyl (C=O) groups is 1. The molecule has 1 saturated heterocycles. The average molecular weight is 371 g/mol. The molecule has 1 aromatic carbocycles. The van der Waals surface area contributed by atoms with E-state index in [1.165, 1.54) is 0 Å². The van der Waals surface area contributed by atoms with E-state index < -0.39 is 0 Å². The molecule has 1 fully saturated rings. The Morgan fingerprint density at radius 1 is 1.26 bits per heavy atom. The smallest absolute Gasteiger partial charge is 0.229 e. The summed E-state index contributed by atoms with van der Waals surface area (Å²) in [6.45, 7) is 5.50. The van der Waals surface area contributed by atoms with Crippen LogP contribution in [0.2, 0.25) is 0 Å². The molecule has 4 rings (SSSR count). The highest BCUT2D eigenvalue weighted by Crippen LogP contribution is 2.31. The Balaban J connectivity index is 1.28. The maximum Gasteiger partial charge on any atom is 0.229 e. The highest BCUT2D eigenvalue weighted by molar-refractivity contribution is 5.80. The fourth-order valence-electron chi connectivity index (χ4n) is 3.68. The van der Waals surface area contributed by atoms with E-state index in [-0.39, 0.29) is 11.8 Å². The number of rotatable bonds is 5. The minimum Gasteiger partial charge on any atom is -0.497 e. The van der Waals surface area contributed by atoms with Crippen molar-refractivity contribution in [3.63, 3.8) is 0 Å². The quantitative estimate of drug-likeness (QED) is 0.770. The SMILES string of the molecule is COc1ccc2c(c1)OC[C@@H](C(=O)N1CCN(CCn3cncn3)CC1)C2. The van der Waals surface area contributed by atoms with Gasteiger partial charge in [-0.2, -0.15) is 5.10 Å². The van der Waals surface area contributed by atoms with Gasteiger partial charge in [0.25, 0.3) is 0 Å². The van der Waals surface area contributed by atoms with Crippen LogP contribution in [0.25, 0.3) is 0 Å². The minimum atomic E-state index is -0.104. The lowest BCUT2D eigenvalue weighted by Gasteiger charge is -2.37. The number of ether oxygens (including phenoxy) is 2. The summed E-state index contributed by atoms with van der Waals surface area (Å²) < 4.78 is 12.9. The van der Waals surface area contributed by atoms with Crippen LogP contribution in [0, 0.1) is 5.92 Å². The second-order valence-electron chi connectivity index (χ2n) is 7.01. The van der Waals surface area contributed by atoms with Crippen LogP contribution in [0.5, 0.6) is 11.5 Å². The molecular weight excluding hydrogens is 346 g/mol. The van der Waals surface area contributed by atoms with Crippen molar-refractivity contribution < 1.29 is 14.3 Å². The van der Waals surface area contributed by atoms with Gasteiger partial charge in [0.2, 0.25) is 5.91 Å². The van der Waals surface area contributed by atoms with Gasteiger partial charge in [0.05, 0.1) is 19.6 Å². The van der Waals surface area contributed by atoms with Gasteiger partial charge < -0.3 is 14.4 Å². The first-order valence-electron chi connectivity index (χ1n) is 9.36. The number of methoxy groups -OCH3 is 1. The molecule has 8 nitrogen and oxygen atoms in total. The van der Waals surface area contributed by atoms with E-state index in [1.807, 2.05) is 27.8 Å². The number of benzene rings is 1. The summed E-state index contributed by atoms with van der Waals surface area (Å²) >= 11 is 0. The second-order valence-corrected chi connectivity index (χ2v) is 7.01. The lowest BCUT2D eigenvalue weighted by Crippen LogP contribution is -2.52. The first-order valence-corrected chi connectivity index (χ1v) is 9.36. The summed E-state index contributed by atoms with van der Waals surface area (Å²) in [6.07, 6.45) is 4.01. The summed E-state index contributed by atoms with van der Waals surface area (Å²) in [5.74, 6) is 1.71. The Morgan fingerprint density at radius 3 is 2.85 bits per heavy atom. The highest BCUT2D eigenvalue weighted by Gasteiger charge is 2.31. The third kappa shape index (κ3) is 4.05. The number of aromatic nitrogens is 3. The molecule has 2 aromatic rings. The first-order chi connectivity index (χ1) is 13.2. The minimum absolute atomic E-state index is 0.104. The highest BCUT2D eigenvalue weighted by atomic mass is 16.5. The van der Waals surface area contributed by atoms with E-state index in [0.29, 0.717) is 6.61 Å². The fraction of sp³-hybridized carbons (Fsp3) is 0.526. The van der Waals surface area contributed by atoms with Crippen LogP contribution < -0.4 is 9.47 Å². The molecule has 27 heavy (non-hydrogen) atoms. The van der Waals surface area contributed by atoms with Gasteiger partial charge in [0.1, 0.15) is 30.8 Å². The first kappa shape index (κ1) is 17.8. The molecule has 0 radical (unpaired) electrons. The van der Waals surface area contributed by atoms with Crippen molar-refractivity contribution in [3.8, 4) is 11.5 Å². The van der Waals surface area contributed by atoms with E-state index in [9.17, 15) is 4.79 Å². The van der Waals surface area contributed by atoms with Crippen molar-refractivity contribution in [2.45, 2.75) is 13.0 Å². The molecule has 0 bridgehead atoms. The van der Waals surface area contributed by atoms with Crippen molar-refractivity contribution in [2.75, 3.05) is 46.4 Å². The maximum atomic E-state index is 12.9. The van der Waals surface area contributed by atoms with E-state index >= 15 is 0 Å². The Labute approximate surface area is 158 Å². The summed E-state index contributed by atoms with van der Waals surface area (Å²) in [5.41, 5.74) is 1.08. The summed E-state index contributed by atoms with van der Waals surface area (Å²) in [7, 11) is 1.64. The van der Waals surface area contributed by atoms with Gasteiger partial charge in [-0.25, -0.2) is 4.98 Å². The molecule has 0 spiro atoms. The predicted octanol–water partition coefficient (Wildman–Crippen LogP) is 0.682. The Bertz CT molecular complexity index is 772. The molecule has 1 atom stereocenters. The van der Waals surface area contributed by atoms with Crippen LogP contribution in [-0.4, -0.2) is 76.9 Å². The third-order valence-corrected chi connectivity index (χ3v) is 5.33. The van der Waals surface area contributed by atoms with Crippen LogP contribution in [0.3, 0.4) is 0 Å². The van der Waals surface area contributed by atoms with Gasteiger partial charge in [-0.15, -0.1) is 0 Å². The standard InChI is InChI=1S/C19H25N5O3/c1-26-17-3-2-15-10-16(12-27-18(15)11-17)19(25)23-7-4-22(5-8-23)6-9-24-14-20-13-21-24/h2-3,11,13-14,16H,4-10,12H2,1H3/t16-/m0/s1. The van der Waals surface area contributed by atoms with E-state index in [0.717, 1.165) is 62.8 Å². The van der Waals surface area contributed by atoms with Gasteiger partial charge in [-0.05, 0) is 18.1 Å². The molecule has 0 saturated carbocycles. The fourth-order valence-corrected chi connectivity index (χ4v) is 3.68. The summed E-state index contributed by atoms with van der Waals surface area (Å²) in [4.78, 5) is 21.2. The van der Waals surface area contributed by atoms with Crippen molar-refractivity contribution >= 4 is 5.91 Å². The molecule has 0 N–H and O–H groups in total. The monoisotopic (exact) mass is 371 g/mol. The Hall–Kier alpha value is -2.61. The zero-order chi connectivity index (χ0) is 18.6. The van der Waals surface area contributed by atoms with Crippen molar-refractivity contribution in [1.29, 1.82) is 0 Å². The molecule has 8 heteroatoms. The van der Waals surface area contributed by atoms with Crippen molar-refractivity contribution in [2.24, 2.45) is 5.92 Å². The molecule has 2 aliphatic rings. The van der Waals surface area contributed by atoms with E-state index in [2.05, 4.69) is 15.0 Å². The topological polar surface area (TPSA) is 72.7 Å². The van der Waals surface area contributed by atoms with Gasteiger partial charge in [0.15, 0.2) is 0 Å². The van der Waals surface area contributed by atoms with Crippen LogP contribution in [0.1, 0.15) is 5.56 Å². The molecule has 1 amide bonds. The van der Waals surface area contributed by atoms with Crippen molar-refractivity contribution in [3.05, 3.63) is 36.4 Å². The lowest BCUT2D eigenvalue weighted by molar-refractivity contribution is -0.138. The number of piperazine rings is 1. The van der Waals surface area contributed by atoms with E-state index in [1.54, 1.807) is 19.8 Å². The summed E-state index contributed by atoms with van der Waals surface area (Å²) in [5, 5.41) is 4.13. The zero-order valence-corrected chi connectivity index (χ0v) is 15.6. The third-order valence-electron chi connectivity index (χ3n) is 5.33. The number of carbonyl (C=O) groups excluding carboxylic acids is 1. The second kappa shape index (κ2) is 7.96. The zero-order valence-electron chi connectivity index (χ0n) is 15.6. The van der Waals surface area contributed by atoms with E-state index in [4.69, 9.17) is 9.47 Å². The largest absolute Gasteiger partial charge is 0.497 e. The molecule has 3 heterocycles. The lowest BCUT2D eigenvalue weighted by atomic mass is 9.95. The van der Waals surface area contributed by atoms with Crippen LogP contribution >= 0.6 is 0 Å². The predicted molar refractivity (Wildman–Crippen MR) is 98.7 cm³/mol. The van der Waals surface area contributed by atoms with Gasteiger partial charge in [0, 0.05) is 38.8 Å². The number of fused-ring (bicyclic) bond motifs is 1. The maximum absolute atomic E-state index is 12.9. The number of nitrogens with zero attached hydrogens (tertiary/aromatic N) is 5. The average Bonchev–Trinajstić information content (AvgIpc) is 3.25.